The van der Waals surface area contributed by atoms with Crippen LogP contribution in [0, 0.1) is 12.7 Å². The van der Waals surface area contributed by atoms with Gasteiger partial charge < -0.3 is 9.67 Å². The van der Waals surface area contributed by atoms with Crippen molar-refractivity contribution in [1.29, 1.82) is 0 Å². The number of carboxylic acid groups (broad SMARTS) is 1. The number of aryl methyl sites for hydroxylation is 1. The lowest BCUT2D eigenvalue weighted by Gasteiger charge is -2.14. The third kappa shape index (κ3) is 3.06. The maximum atomic E-state index is 13.0. The van der Waals surface area contributed by atoms with Gasteiger partial charge in [0.05, 0.1) is 5.52 Å². The zero-order valence-corrected chi connectivity index (χ0v) is 13.1. The molecule has 0 fully saturated rings. The van der Waals surface area contributed by atoms with Gasteiger partial charge in [0.2, 0.25) is 0 Å². The number of carboxylic acids is 1. The van der Waals surface area contributed by atoms with Gasteiger partial charge in [0, 0.05) is 23.6 Å². The van der Waals surface area contributed by atoms with Crippen LogP contribution < -0.4 is 5.43 Å². The van der Waals surface area contributed by atoms with Crippen LogP contribution in [0.2, 0.25) is 0 Å². The standard InChI is InChI=1S/C19H16FNO3/c1-12-3-2-4-16-18(12)21(11-17(22)23)10-14(19(16)24)9-13-5-7-15(20)8-6-13/h2-8,10H,9,11H2,1H3,(H,22,23). The van der Waals surface area contributed by atoms with Crippen molar-refractivity contribution in [3.05, 3.63) is 81.4 Å². The molecule has 0 aliphatic heterocycles. The minimum Gasteiger partial charge on any atom is -0.480 e. The maximum absolute atomic E-state index is 13.0. The molecule has 5 heteroatoms. The molecule has 1 N–H and O–H groups in total. The average Bonchev–Trinajstić information content (AvgIpc) is 2.53. The molecule has 0 aliphatic rings. The number of carbonyl (C=O) groups is 1. The molecule has 0 bridgehead atoms. The Hall–Kier alpha value is -2.95. The molecule has 122 valence electrons. The summed E-state index contributed by atoms with van der Waals surface area (Å²) in [5.74, 6) is -1.31. The van der Waals surface area contributed by atoms with E-state index in [2.05, 4.69) is 0 Å². The van der Waals surface area contributed by atoms with E-state index in [4.69, 9.17) is 5.11 Å². The zero-order valence-electron chi connectivity index (χ0n) is 13.1. The smallest absolute Gasteiger partial charge is 0.323 e. The predicted octanol–water partition coefficient (Wildman–Crippen LogP) is 3.12. The molecule has 3 aromatic rings. The summed E-state index contributed by atoms with van der Waals surface area (Å²) in [6.07, 6.45) is 1.91. The summed E-state index contributed by atoms with van der Waals surface area (Å²) in [6.45, 7) is 1.62. The van der Waals surface area contributed by atoms with Crippen LogP contribution in [0.25, 0.3) is 10.9 Å². The quantitative estimate of drug-likeness (QED) is 0.802. The summed E-state index contributed by atoms with van der Waals surface area (Å²) in [7, 11) is 0. The van der Waals surface area contributed by atoms with E-state index in [1.54, 1.807) is 35.0 Å². The van der Waals surface area contributed by atoms with E-state index in [0.29, 0.717) is 22.9 Å². The number of nitrogens with zero attached hydrogens (tertiary/aromatic N) is 1. The van der Waals surface area contributed by atoms with Crippen LogP contribution in [0.3, 0.4) is 0 Å². The summed E-state index contributed by atoms with van der Waals surface area (Å²) in [6, 6.07) is 11.3. The number of hydrogen-bond donors (Lipinski definition) is 1. The first kappa shape index (κ1) is 15.9. The van der Waals surface area contributed by atoms with Gasteiger partial charge in [-0.3, -0.25) is 9.59 Å². The molecule has 0 spiro atoms. The van der Waals surface area contributed by atoms with Crippen molar-refractivity contribution in [1.82, 2.24) is 4.57 Å². The molecule has 3 rings (SSSR count). The summed E-state index contributed by atoms with van der Waals surface area (Å²) in [4.78, 5) is 23.9. The molecule has 0 saturated carbocycles. The zero-order chi connectivity index (χ0) is 17.3. The second-order valence-corrected chi connectivity index (χ2v) is 5.78. The highest BCUT2D eigenvalue weighted by molar-refractivity contribution is 5.84. The van der Waals surface area contributed by atoms with Gasteiger partial charge in [0.1, 0.15) is 12.4 Å². The Labute approximate surface area is 137 Å². The van der Waals surface area contributed by atoms with Crippen LogP contribution in [0.5, 0.6) is 0 Å². The topological polar surface area (TPSA) is 59.3 Å². The Morgan fingerprint density at radius 3 is 2.54 bits per heavy atom. The number of fused-ring (bicyclic) bond motifs is 1. The lowest BCUT2D eigenvalue weighted by atomic mass is 10.0. The normalized spacial score (nSPS) is 10.9. The van der Waals surface area contributed by atoms with Crippen molar-refractivity contribution in [3.8, 4) is 0 Å². The average molecular weight is 325 g/mol. The van der Waals surface area contributed by atoms with Crippen molar-refractivity contribution >= 4 is 16.9 Å². The molecule has 24 heavy (non-hydrogen) atoms. The van der Waals surface area contributed by atoms with Gasteiger partial charge >= 0.3 is 5.97 Å². The fourth-order valence-corrected chi connectivity index (χ4v) is 2.93. The minimum absolute atomic E-state index is 0.125. The van der Waals surface area contributed by atoms with Crippen LogP contribution in [-0.4, -0.2) is 15.6 Å². The lowest BCUT2D eigenvalue weighted by Crippen LogP contribution is -2.18. The van der Waals surface area contributed by atoms with E-state index in [1.807, 2.05) is 13.0 Å². The lowest BCUT2D eigenvalue weighted by molar-refractivity contribution is -0.137. The molecule has 1 aromatic heterocycles. The van der Waals surface area contributed by atoms with Crippen LogP contribution >= 0.6 is 0 Å². The number of pyridine rings is 1. The van der Waals surface area contributed by atoms with Crippen LogP contribution in [0.1, 0.15) is 16.7 Å². The molecular formula is C19H16FNO3. The van der Waals surface area contributed by atoms with Gasteiger partial charge in [-0.1, -0.05) is 24.3 Å². The summed E-state index contributed by atoms with van der Waals surface area (Å²) in [5, 5.41) is 9.65. The molecule has 4 nitrogen and oxygen atoms in total. The molecule has 0 atom stereocenters. The van der Waals surface area contributed by atoms with Crippen LogP contribution in [0.15, 0.2) is 53.5 Å². The van der Waals surface area contributed by atoms with Gasteiger partial charge in [-0.2, -0.15) is 0 Å². The van der Waals surface area contributed by atoms with E-state index < -0.39 is 5.97 Å². The molecular weight excluding hydrogens is 309 g/mol. The predicted molar refractivity (Wildman–Crippen MR) is 89.8 cm³/mol. The highest BCUT2D eigenvalue weighted by Gasteiger charge is 2.13. The number of benzene rings is 2. The van der Waals surface area contributed by atoms with E-state index in [9.17, 15) is 14.0 Å². The van der Waals surface area contributed by atoms with Gasteiger partial charge in [0.15, 0.2) is 5.43 Å². The highest BCUT2D eigenvalue weighted by atomic mass is 19.1. The Morgan fingerprint density at radius 2 is 1.88 bits per heavy atom. The number of aromatic nitrogens is 1. The minimum atomic E-state index is -0.976. The van der Waals surface area contributed by atoms with Crippen LogP contribution in [-0.2, 0) is 17.8 Å². The van der Waals surface area contributed by atoms with Crippen molar-refractivity contribution in [2.24, 2.45) is 0 Å². The Balaban J connectivity index is 2.18. The fourth-order valence-electron chi connectivity index (χ4n) is 2.93. The molecule has 0 aliphatic carbocycles. The molecule has 0 amide bonds. The summed E-state index contributed by atoms with van der Waals surface area (Å²) < 4.78 is 14.6. The van der Waals surface area contributed by atoms with Gasteiger partial charge in [-0.05, 0) is 36.2 Å². The number of para-hydroxylation sites is 1. The third-order valence-electron chi connectivity index (χ3n) is 3.99. The number of aliphatic carboxylic acids is 1. The molecule has 2 aromatic carbocycles. The Kier molecular flexibility index (Phi) is 4.16. The van der Waals surface area contributed by atoms with E-state index in [0.717, 1.165) is 11.1 Å². The first-order chi connectivity index (χ1) is 11.5. The third-order valence-corrected chi connectivity index (χ3v) is 3.99. The maximum Gasteiger partial charge on any atom is 0.323 e. The highest BCUT2D eigenvalue weighted by Crippen LogP contribution is 2.18. The van der Waals surface area contributed by atoms with Crippen LogP contribution in [0.4, 0.5) is 4.39 Å². The van der Waals surface area contributed by atoms with Gasteiger partial charge in [-0.25, -0.2) is 4.39 Å². The largest absolute Gasteiger partial charge is 0.480 e. The fraction of sp³-hybridized carbons (Fsp3) is 0.158. The van der Waals surface area contributed by atoms with E-state index in [-0.39, 0.29) is 17.8 Å². The Bertz CT molecular complexity index is 974. The van der Waals surface area contributed by atoms with E-state index in [1.165, 1.54) is 12.1 Å². The first-order valence-corrected chi connectivity index (χ1v) is 7.53. The van der Waals surface area contributed by atoms with Gasteiger partial charge in [0.25, 0.3) is 0 Å². The van der Waals surface area contributed by atoms with Crippen molar-refractivity contribution in [2.75, 3.05) is 0 Å². The first-order valence-electron chi connectivity index (χ1n) is 7.53. The van der Waals surface area contributed by atoms with Crippen molar-refractivity contribution in [2.45, 2.75) is 19.9 Å². The molecule has 1 heterocycles. The van der Waals surface area contributed by atoms with Crippen molar-refractivity contribution in [3.63, 3.8) is 0 Å². The second-order valence-electron chi connectivity index (χ2n) is 5.78. The molecule has 0 saturated heterocycles. The molecule has 0 unspecified atom stereocenters. The van der Waals surface area contributed by atoms with Crippen molar-refractivity contribution < 1.29 is 14.3 Å². The number of hydrogen-bond acceptors (Lipinski definition) is 2. The molecule has 0 radical (unpaired) electrons. The SMILES string of the molecule is Cc1cccc2c(=O)c(Cc3ccc(F)cc3)cn(CC(=O)O)c12. The number of rotatable bonds is 4. The Morgan fingerprint density at radius 1 is 1.17 bits per heavy atom. The summed E-state index contributed by atoms with van der Waals surface area (Å²) in [5.41, 5.74) is 2.63. The van der Waals surface area contributed by atoms with E-state index >= 15 is 0 Å². The second kappa shape index (κ2) is 6.28. The monoisotopic (exact) mass is 325 g/mol. The van der Waals surface area contributed by atoms with Gasteiger partial charge in [-0.15, -0.1) is 0 Å². The number of halogens is 1. The summed E-state index contributed by atoms with van der Waals surface area (Å²) >= 11 is 0.